The fraction of sp³-hybridized carbons (Fsp3) is 0.474. The number of rotatable bonds is 4. The van der Waals surface area contributed by atoms with Gasteiger partial charge in [-0.1, -0.05) is 18.6 Å². The molecule has 3 heterocycles. The standard InChI is InChI=1S/C19H23FN4O2/c20-14-6-4-13(5-7-14)17-16-15(21-19(26)22-17)12-24(18(16)25)11-10-23-8-2-1-3-9-23/h4-7,17H,1-3,8-12H2,(H2,21,22,26)/t17-/m1/s1. The number of amides is 3. The molecule has 0 saturated carbocycles. The molecular weight excluding hydrogens is 335 g/mol. The molecule has 0 unspecified atom stereocenters. The third-order valence-electron chi connectivity index (χ3n) is 5.36. The first-order valence-electron chi connectivity index (χ1n) is 9.19. The van der Waals surface area contributed by atoms with Crippen LogP contribution in [-0.2, 0) is 4.79 Å². The van der Waals surface area contributed by atoms with Crippen LogP contribution in [0, 0.1) is 5.82 Å². The van der Waals surface area contributed by atoms with Crippen LogP contribution in [0.4, 0.5) is 9.18 Å². The molecule has 1 saturated heterocycles. The molecule has 26 heavy (non-hydrogen) atoms. The van der Waals surface area contributed by atoms with Crippen molar-refractivity contribution in [2.45, 2.75) is 25.3 Å². The Morgan fingerprint density at radius 3 is 2.50 bits per heavy atom. The molecule has 1 atom stereocenters. The Morgan fingerprint density at radius 1 is 1.04 bits per heavy atom. The summed E-state index contributed by atoms with van der Waals surface area (Å²) in [6.45, 7) is 4.11. The number of carbonyl (C=O) groups is 2. The van der Waals surface area contributed by atoms with E-state index in [1.165, 1.54) is 31.4 Å². The van der Waals surface area contributed by atoms with E-state index in [4.69, 9.17) is 0 Å². The maximum atomic E-state index is 13.2. The average molecular weight is 358 g/mol. The first kappa shape index (κ1) is 17.0. The van der Waals surface area contributed by atoms with Gasteiger partial charge in [-0.2, -0.15) is 0 Å². The van der Waals surface area contributed by atoms with E-state index < -0.39 is 6.04 Å². The van der Waals surface area contributed by atoms with Crippen molar-refractivity contribution in [3.05, 3.63) is 46.9 Å². The summed E-state index contributed by atoms with van der Waals surface area (Å²) in [4.78, 5) is 29.1. The molecule has 0 aromatic heterocycles. The summed E-state index contributed by atoms with van der Waals surface area (Å²) in [6.07, 6.45) is 3.72. The van der Waals surface area contributed by atoms with Crippen LogP contribution in [0.5, 0.6) is 0 Å². The Labute approximate surface area is 152 Å². The van der Waals surface area contributed by atoms with Crippen molar-refractivity contribution < 1.29 is 14.0 Å². The van der Waals surface area contributed by atoms with Crippen molar-refractivity contribution in [1.29, 1.82) is 0 Å². The number of benzene rings is 1. The largest absolute Gasteiger partial charge is 0.332 e. The van der Waals surface area contributed by atoms with Gasteiger partial charge in [-0.3, -0.25) is 4.79 Å². The Hall–Kier alpha value is -2.41. The first-order valence-corrected chi connectivity index (χ1v) is 9.19. The molecule has 7 heteroatoms. The number of hydrogen-bond donors (Lipinski definition) is 2. The quantitative estimate of drug-likeness (QED) is 0.862. The molecule has 3 aliphatic heterocycles. The van der Waals surface area contributed by atoms with E-state index in [0.717, 1.165) is 19.6 Å². The van der Waals surface area contributed by atoms with Crippen LogP contribution in [0.25, 0.3) is 0 Å². The number of urea groups is 1. The van der Waals surface area contributed by atoms with Gasteiger partial charge in [0, 0.05) is 13.1 Å². The van der Waals surface area contributed by atoms with Crippen LogP contribution in [0.1, 0.15) is 30.9 Å². The normalized spacial score (nSPS) is 23.7. The van der Waals surface area contributed by atoms with Crippen molar-refractivity contribution in [3.63, 3.8) is 0 Å². The third-order valence-corrected chi connectivity index (χ3v) is 5.36. The molecule has 138 valence electrons. The Bertz CT molecular complexity index is 740. The van der Waals surface area contributed by atoms with Gasteiger partial charge in [0.15, 0.2) is 0 Å². The number of nitrogens with one attached hydrogen (secondary N) is 2. The fourth-order valence-electron chi connectivity index (χ4n) is 3.96. The predicted molar refractivity (Wildman–Crippen MR) is 94.7 cm³/mol. The lowest BCUT2D eigenvalue weighted by molar-refractivity contribution is -0.126. The Kier molecular flexibility index (Phi) is 4.63. The van der Waals surface area contributed by atoms with Gasteiger partial charge in [-0.15, -0.1) is 0 Å². The van der Waals surface area contributed by atoms with Crippen molar-refractivity contribution in [2.24, 2.45) is 0 Å². The molecule has 4 rings (SSSR count). The van der Waals surface area contributed by atoms with Gasteiger partial charge in [0.1, 0.15) is 5.82 Å². The van der Waals surface area contributed by atoms with E-state index in [2.05, 4.69) is 15.5 Å². The SMILES string of the molecule is O=C1NC2=C(C(=O)N(CCN3CCCCC3)C2)[C@@H](c2ccc(F)cc2)N1. The van der Waals surface area contributed by atoms with Crippen LogP contribution in [-0.4, -0.2) is 54.5 Å². The zero-order valence-electron chi connectivity index (χ0n) is 14.6. The van der Waals surface area contributed by atoms with E-state index in [0.29, 0.717) is 29.9 Å². The smallest absolute Gasteiger partial charge is 0.319 e. The van der Waals surface area contributed by atoms with Crippen molar-refractivity contribution in [2.75, 3.05) is 32.7 Å². The summed E-state index contributed by atoms with van der Waals surface area (Å²) in [5.74, 6) is -0.400. The lowest BCUT2D eigenvalue weighted by atomic mass is 9.96. The zero-order valence-corrected chi connectivity index (χ0v) is 14.6. The lowest BCUT2D eigenvalue weighted by Crippen LogP contribution is -2.44. The van der Waals surface area contributed by atoms with E-state index >= 15 is 0 Å². The van der Waals surface area contributed by atoms with Crippen molar-refractivity contribution in [1.82, 2.24) is 20.4 Å². The maximum Gasteiger partial charge on any atom is 0.319 e. The van der Waals surface area contributed by atoms with Gasteiger partial charge in [0.25, 0.3) is 5.91 Å². The molecule has 2 N–H and O–H groups in total. The Morgan fingerprint density at radius 2 is 1.77 bits per heavy atom. The predicted octanol–water partition coefficient (Wildman–Crippen LogP) is 1.76. The minimum atomic E-state index is -0.535. The van der Waals surface area contributed by atoms with E-state index in [1.54, 1.807) is 17.0 Å². The number of carbonyl (C=O) groups excluding carboxylic acids is 2. The second-order valence-electron chi connectivity index (χ2n) is 7.10. The van der Waals surface area contributed by atoms with Gasteiger partial charge >= 0.3 is 6.03 Å². The number of likely N-dealkylation sites (tertiary alicyclic amines) is 1. The van der Waals surface area contributed by atoms with E-state index in [9.17, 15) is 14.0 Å². The maximum absolute atomic E-state index is 13.2. The highest BCUT2D eigenvalue weighted by atomic mass is 19.1. The second-order valence-corrected chi connectivity index (χ2v) is 7.10. The highest BCUT2D eigenvalue weighted by Crippen LogP contribution is 2.32. The van der Waals surface area contributed by atoms with Crippen LogP contribution < -0.4 is 10.6 Å². The summed E-state index contributed by atoms with van der Waals surface area (Å²) in [6, 6.07) is 5.05. The lowest BCUT2D eigenvalue weighted by Gasteiger charge is -2.28. The molecule has 0 aliphatic carbocycles. The number of piperidine rings is 1. The van der Waals surface area contributed by atoms with Gasteiger partial charge in [0.05, 0.1) is 23.9 Å². The summed E-state index contributed by atoms with van der Waals surface area (Å²) in [5.41, 5.74) is 1.93. The van der Waals surface area contributed by atoms with Crippen molar-refractivity contribution >= 4 is 11.9 Å². The molecule has 0 radical (unpaired) electrons. The monoisotopic (exact) mass is 358 g/mol. The second kappa shape index (κ2) is 7.07. The van der Waals surface area contributed by atoms with E-state index in [-0.39, 0.29) is 17.8 Å². The molecule has 1 aromatic rings. The van der Waals surface area contributed by atoms with Gasteiger partial charge in [-0.05, 0) is 43.6 Å². The first-order chi connectivity index (χ1) is 12.6. The molecule has 0 spiro atoms. The van der Waals surface area contributed by atoms with Crippen molar-refractivity contribution in [3.8, 4) is 0 Å². The molecular formula is C19H23FN4O2. The molecule has 3 amide bonds. The molecule has 3 aliphatic rings. The van der Waals surface area contributed by atoms with Crippen LogP contribution in [0.2, 0.25) is 0 Å². The molecule has 0 bridgehead atoms. The summed E-state index contributed by atoms with van der Waals surface area (Å²) in [7, 11) is 0. The van der Waals surface area contributed by atoms with E-state index in [1.807, 2.05) is 0 Å². The summed E-state index contributed by atoms with van der Waals surface area (Å²) >= 11 is 0. The number of nitrogens with zero attached hydrogens (tertiary/aromatic N) is 2. The third kappa shape index (κ3) is 3.31. The zero-order chi connectivity index (χ0) is 18.1. The Balaban J connectivity index is 1.49. The van der Waals surface area contributed by atoms with Crippen LogP contribution in [0.15, 0.2) is 35.5 Å². The highest BCUT2D eigenvalue weighted by Gasteiger charge is 2.40. The minimum absolute atomic E-state index is 0.0566. The van der Waals surface area contributed by atoms with Gasteiger partial charge in [-0.25, -0.2) is 9.18 Å². The van der Waals surface area contributed by atoms with Crippen LogP contribution in [0.3, 0.4) is 0 Å². The summed E-state index contributed by atoms with van der Waals surface area (Å²) in [5, 5.41) is 5.56. The fourth-order valence-corrected chi connectivity index (χ4v) is 3.96. The molecule has 1 fully saturated rings. The summed E-state index contributed by atoms with van der Waals surface area (Å²) < 4.78 is 13.2. The molecule has 1 aromatic carbocycles. The van der Waals surface area contributed by atoms with Crippen LogP contribution >= 0.6 is 0 Å². The van der Waals surface area contributed by atoms with Gasteiger partial charge in [0.2, 0.25) is 0 Å². The minimum Gasteiger partial charge on any atom is -0.332 e. The number of halogens is 1. The number of hydrogen-bond acceptors (Lipinski definition) is 3. The highest BCUT2D eigenvalue weighted by molar-refractivity contribution is 6.01. The topological polar surface area (TPSA) is 64.7 Å². The van der Waals surface area contributed by atoms with Gasteiger partial charge < -0.3 is 20.4 Å². The average Bonchev–Trinajstić information content (AvgIpc) is 2.96. The molecule has 6 nitrogen and oxygen atoms in total.